The third kappa shape index (κ3) is 5.71. The third-order valence-electron chi connectivity index (χ3n) is 0.217. The molecule has 0 aliphatic heterocycles. The van der Waals surface area contributed by atoms with E-state index in [-0.39, 0.29) is 0 Å². The van der Waals surface area contributed by atoms with E-state index in [1.165, 1.54) is 0 Å². The molecule has 0 atom stereocenters. The van der Waals surface area contributed by atoms with Gasteiger partial charge in [-0.25, -0.2) is 0 Å². The van der Waals surface area contributed by atoms with Crippen LogP contribution in [0.15, 0.2) is 0 Å². The van der Waals surface area contributed by atoms with Gasteiger partial charge >= 0.3 is 15.3 Å². The van der Waals surface area contributed by atoms with Crippen LogP contribution in [-0.2, 0) is 18.3 Å². The van der Waals surface area contributed by atoms with E-state index in [4.69, 9.17) is 0 Å². The number of hydrogen-bond donors (Lipinski definition) is 0. The molecule has 0 aromatic heterocycles. The van der Waals surface area contributed by atoms with Crippen molar-refractivity contribution in [1.82, 2.24) is 0 Å². The maximum atomic E-state index is 9.77. The molecule has 0 amide bonds. The van der Waals surface area contributed by atoms with E-state index in [0.29, 0.717) is 0 Å². The van der Waals surface area contributed by atoms with E-state index in [2.05, 4.69) is 14.9 Å². The maximum absolute atomic E-state index is 9.77. The van der Waals surface area contributed by atoms with Gasteiger partial charge in [-0.1, -0.05) is 0 Å². The summed E-state index contributed by atoms with van der Waals surface area (Å²) in [5.74, 6) is -0.944. The summed E-state index contributed by atoms with van der Waals surface area (Å²) in [6.45, 7) is 0.944. The highest BCUT2D eigenvalue weighted by Crippen LogP contribution is 1.97. The quantitative estimate of drug-likeness (QED) is 0.506. The van der Waals surface area contributed by atoms with Gasteiger partial charge in [0.2, 0.25) is 0 Å². The van der Waals surface area contributed by atoms with Crippen molar-refractivity contribution in [1.29, 1.82) is 0 Å². The Morgan fingerprint density at radius 2 is 2.00 bits per heavy atom. The minimum Gasteiger partial charge on any atom is -0.335 e. The second kappa shape index (κ2) is 2.32. The van der Waals surface area contributed by atoms with Gasteiger partial charge in [-0.3, -0.25) is 4.79 Å². The van der Waals surface area contributed by atoms with Crippen molar-refractivity contribution in [2.75, 3.05) is 0 Å². The summed E-state index contributed by atoms with van der Waals surface area (Å²) in [5, 5.41) is 0. The van der Waals surface area contributed by atoms with E-state index in [1.807, 2.05) is 0 Å². The van der Waals surface area contributed by atoms with Crippen LogP contribution in [0.2, 0.25) is 0 Å². The molecule has 0 saturated heterocycles. The lowest BCUT2D eigenvalue weighted by molar-refractivity contribution is -0.131. The fourth-order valence-electron chi connectivity index (χ4n) is 0.140. The van der Waals surface area contributed by atoms with Crippen molar-refractivity contribution in [2.24, 2.45) is 0 Å². The molecule has 0 fully saturated rings. The first kappa shape index (κ1) is 7.71. The Bertz CT molecular complexity index is 180. The molecule has 0 unspecified atom stereocenters. The zero-order valence-electron chi connectivity index (χ0n) is 3.92. The number of halogens is 1. The molecule has 0 spiro atoms. The van der Waals surface area contributed by atoms with Gasteiger partial charge in [0, 0.05) is 6.92 Å². The first-order chi connectivity index (χ1) is 3.42. The van der Waals surface area contributed by atoms with Crippen LogP contribution < -0.4 is 0 Å². The SMILES string of the molecule is CC(=O)OS(=O)(=O)Cl. The van der Waals surface area contributed by atoms with Crippen LogP contribution in [0, 0.1) is 0 Å². The van der Waals surface area contributed by atoms with Crippen molar-refractivity contribution in [2.45, 2.75) is 6.92 Å². The maximum Gasteiger partial charge on any atom is 0.403 e. The molecule has 0 aliphatic carbocycles. The number of rotatable bonds is 1. The highest BCUT2D eigenvalue weighted by atomic mass is 35.7. The molecular formula is C2H3ClO4S. The van der Waals surface area contributed by atoms with Crippen LogP contribution in [0.25, 0.3) is 0 Å². The molecule has 0 radical (unpaired) electrons. The summed E-state index contributed by atoms with van der Waals surface area (Å²) in [7, 11) is 0.357. The Hall–Kier alpha value is -0.290. The first-order valence-electron chi connectivity index (χ1n) is 1.56. The van der Waals surface area contributed by atoms with Crippen LogP contribution in [0.3, 0.4) is 0 Å². The largest absolute Gasteiger partial charge is 0.403 e. The zero-order valence-corrected chi connectivity index (χ0v) is 5.49. The van der Waals surface area contributed by atoms with Gasteiger partial charge in [-0.05, 0) is 0 Å². The molecule has 0 aromatic carbocycles. The van der Waals surface area contributed by atoms with Crippen molar-refractivity contribution < 1.29 is 17.4 Å². The minimum absolute atomic E-state index is 0.944. The Balaban J connectivity index is 3.95. The highest BCUT2D eigenvalue weighted by molar-refractivity contribution is 8.10. The summed E-state index contributed by atoms with van der Waals surface area (Å²) in [5.41, 5.74) is 0. The second-order valence-electron chi connectivity index (χ2n) is 0.968. The predicted octanol–water partition coefficient (Wildman–Crippen LogP) is 0.0331. The van der Waals surface area contributed by atoms with E-state index < -0.39 is 15.3 Å². The molecule has 6 heteroatoms. The molecule has 8 heavy (non-hydrogen) atoms. The minimum atomic E-state index is -4.10. The molecule has 48 valence electrons. The predicted molar refractivity (Wildman–Crippen MR) is 26.5 cm³/mol. The second-order valence-corrected chi connectivity index (χ2v) is 3.05. The molecule has 0 aromatic rings. The van der Waals surface area contributed by atoms with E-state index in [0.717, 1.165) is 6.92 Å². The van der Waals surface area contributed by atoms with Gasteiger partial charge in [-0.15, -0.1) is 0 Å². The topological polar surface area (TPSA) is 60.4 Å². The van der Waals surface area contributed by atoms with Crippen LogP contribution in [0.5, 0.6) is 0 Å². The van der Waals surface area contributed by atoms with Crippen LogP contribution >= 0.6 is 10.7 Å². The standard InChI is InChI=1S/C2H3ClO4S/c1-2(4)7-8(3,5)6/h1H3. The smallest absolute Gasteiger partial charge is 0.335 e. The Kier molecular flexibility index (Phi) is 2.24. The lowest BCUT2D eigenvalue weighted by Crippen LogP contribution is -2.01. The summed E-state index contributed by atoms with van der Waals surface area (Å²) in [6.07, 6.45) is 0. The lowest BCUT2D eigenvalue weighted by Gasteiger charge is -1.89. The molecule has 0 heterocycles. The summed E-state index contributed by atoms with van der Waals surface area (Å²) in [4.78, 5) is 9.77. The van der Waals surface area contributed by atoms with Gasteiger partial charge in [0.1, 0.15) is 0 Å². The average Bonchev–Trinajstić information content (AvgIpc) is 1.21. The van der Waals surface area contributed by atoms with Gasteiger partial charge in [0.05, 0.1) is 10.7 Å². The molecular weight excluding hydrogens is 156 g/mol. The van der Waals surface area contributed by atoms with E-state index >= 15 is 0 Å². The van der Waals surface area contributed by atoms with Crippen molar-refractivity contribution in [3.05, 3.63) is 0 Å². The monoisotopic (exact) mass is 158 g/mol. The normalized spacial score (nSPS) is 10.8. The van der Waals surface area contributed by atoms with Crippen LogP contribution in [0.1, 0.15) is 6.92 Å². The van der Waals surface area contributed by atoms with Crippen LogP contribution in [0.4, 0.5) is 0 Å². The highest BCUT2D eigenvalue weighted by Gasteiger charge is 2.06. The average molecular weight is 159 g/mol. The molecule has 0 N–H and O–H groups in total. The third-order valence-corrected chi connectivity index (χ3v) is 0.840. The van der Waals surface area contributed by atoms with Gasteiger partial charge < -0.3 is 4.18 Å². The molecule has 4 nitrogen and oxygen atoms in total. The van der Waals surface area contributed by atoms with Crippen molar-refractivity contribution in [3.8, 4) is 0 Å². The Morgan fingerprint density at radius 3 is 2.00 bits per heavy atom. The fraction of sp³-hybridized carbons (Fsp3) is 0.500. The molecule has 0 bridgehead atoms. The number of hydrogen-bond acceptors (Lipinski definition) is 4. The molecule has 0 rings (SSSR count). The summed E-state index contributed by atoms with van der Waals surface area (Å²) < 4.78 is 23.1. The Morgan fingerprint density at radius 1 is 1.62 bits per heavy atom. The zero-order chi connectivity index (χ0) is 6.78. The summed E-state index contributed by atoms with van der Waals surface area (Å²) in [6, 6.07) is 0. The number of carbonyl (C=O) groups is 1. The van der Waals surface area contributed by atoms with Crippen molar-refractivity contribution in [3.63, 3.8) is 0 Å². The first-order valence-corrected chi connectivity index (χ1v) is 3.80. The van der Waals surface area contributed by atoms with E-state index in [1.54, 1.807) is 0 Å². The van der Waals surface area contributed by atoms with Gasteiger partial charge in [-0.2, -0.15) is 8.42 Å². The number of carbonyl (C=O) groups excluding carboxylic acids is 1. The molecule has 0 aliphatic rings. The van der Waals surface area contributed by atoms with E-state index in [9.17, 15) is 13.2 Å². The van der Waals surface area contributed by atoms with Gasteiger partial charge in [0.25, 0.3) is 0 Å². The van der Waals surface area contributed by atoms with Crippen LogP contribution in [-0.4, -0.2) is 14.4 Å². The van der Waals surface area contributed by atoms with Crippen molar-refractivity contribution >= 4 is 26.0 Å². The fourth-order valence-corrected chi connectivity index (χ4v) is 0.687. The Labute approximate surface area is 51.0 Å². The van der Waals surface area contributed by atoms with Gasteiger partial charge in [0.15, 0.2) is 0 Å². The summed E-state index contributed by atoms with van der Waals surface area (Å²) >= 11 is 0. The lowest BCUT2D eigenvalue weighted by atomic mass is 10.9. The molecule has 0 saturated carbocycles.